The molecule has 2 rings (SSSR count). The van der Waals surface area contributed by atoms with E-state index in [9.17, 15) is 0 Å². The summed E-state index contributed by atoms with van der Waals surface area (Å²) in [4.78, 5) is 9.50. The van der Waals surface area contributed by atoms with Crippen LogP contribution in [0.5, 0.6) is 0 Å². The molecule has 7 heteroatoms. The van der Waals surface area contributed by atoms with Gasteiger partial charge < -0.3 is 20.3 Å². The Morgan fingerprint density at radius 1 is 1.12 bits per heavy atom. The first-order valence-electron chi connectivity index (χ1n) is 10.0. The van der Waals surface area contributed by atoms with E-state index in [1.165, 1.54) is 38.9 Å². The highest BCUT2D eigenvalue weighted by Gasteiger charge is 2.28. The van der Waals surface area contributed by atoms with Gasteiger partial charge in [0.05, 0.1) is 13.2 Å². The van der Waals surface area contributed by atoms with Crippen molar-refractivity contribution in [3.63, 3.8) is 0 Å². The minimum absolute atomic E-state index is 0. The standard InChI is InChI=1S/C19H39N5O.HI/c1-5-8-23-9-6-17(7-10-23)15-21-18(20-4)22-16-19(2,3)24-11-13-25-14-12-24;/h17H,5-16H2,1-4H3,(H2,20,21,22);1H. The van der Waals surface area contributed by atoms with E-state index in [1.807, 2.05) is 7.05 Å². The highest BCUT2D eigenvalue weighted by molar-refractivity contribution is 14.0. The maximum Gasteiger partial charge on any atom is 0.191 e. The molecule has 2 saturated heterocycles. The number of ether oxygens (including phenoxy) is 1. The van der Waals surface area contributed by atoms with Gasteiger partial charge in [-0.15, -0.1) is 24.0 Å². The molecule has 26 heavy (non-hydrogen) atoms. The van der Waals surface area contributed by atoms with Crippen LogP contribution in [0.25, 0.3) is 0 Å². The Balaban J connectivity index is 0.00000338. The van der Waals surface area contributed by atoms with Gasteiger partial charge in [-0.05, 0) is 58.7 Å². The zero-order chi connectivity index (χ0) is 18.1. The fourth-order valence-electron chi connectivity index (χ4n) is 3.77. The minimum atomic E-state index is 0. The molecule has 0 atom stereocenters. The Morgan fingerprint density at radius 2 is 1.77 bits per heavy atom. The summed E-state index contributed by atoms with van der Waals surface area (Å²) in [5.74, 6) is 1.69. The highest BCUT2D eigenvalue weighted by Crippen LogP contribution is 2.17. The van der Waals surface area contributed by atoms with Crippen LogP contribution in [0.15, 0.2) is 4.99 Å². The van der Waals surface area contributed by atoms with Gasteiger partial charge in [-0.3, -0.25) is 9.89 Å². The number of nitrogens with one attached hydrogen (secondary N) is 2. The maximum atomic E-state index is 5.47. The van der Waals surface area contributed by atoms with Gasteiger partial charge in [0, 0.05) is 38.8 Å². The van der Waals surface area contributed by atoms with Gasteiger partial charge in [0.2, 0.25) is 0 Å². The number of piperidine rings is 1. The molecule has 0 spiro atoms. The lowest BCUT2D eigenvalue weighted by Crippen LogP contribution is -2.56. The van der Waals surface area contributed by atoms with Crippen LogP contribution in [-0.2, 0) is 4.74 Å². The number of nitrogens with zero attached hydrogens (tertiary/aromatic N) is 3. The Labute approximate surface area is 177 Å². The molecule has 0 bridgehead atoms. The number of hydrogen-bond donors (Lipinski definition) is 2. The van der Waals surface area contributed by atoms with Crippen LogP contribution in [0.4, 0.5) is 0 Å². The molecule has 154 valence electrons. The van der Waals surface area contributed by atoms with Gasteiger partial charge >= 0.3 is 0 Å². The molecule has 0 aliphatic carbocycles. The molecule has 0 amide bonds. The van der Waals surface area contributed by atoms with E-state index in [4.69, 9.17) is 4.74 Å². The summed E-state index contributed by atoms with van der Waals surface area (Å²) in [6.07, 6.45) is 3.85. The van der Waals surface area contributed by atoms with Crippen LogP contribution in [0.1, 0.15) is 40.0 Å². The summed E-state index contributed by atoms with van der Waals surface area (Å²) in [5, 5.41) is 7.06. The summed E-state index contributed by atoms with van der Waals surface area (Å²) in [7, 11) is 1.86. The van der Waals surface area contributed by atoms with Crippen molar-refractivity contribution in [3.05, 3.63) is 0 Å². The zero-order valence-electron chi connectivity index (χ0n) is 17.2. The van der Waals surface area contributed by atoms with Crippen molar-refractivity contribution in [3.8, 4) is 0 Å². The number of aliphatic imine (C=N–C) groups is 1. The van der Waals surface area contributed by atoms with Crippen LogP contribution in [-0.4, -0.2) is 87.4 Å². The summed E-state index contributed by atoms with van der Waals surface area (Å²) >= 11 is 0. The van der Waals surface area contributed by atoms with Crippen molar-refractivity contribution >= 4 is 29.9 Å². The fraction of sp³-hybridized carbons (Fsp3) is 0.947. The summed E-state index contributed by atoms with van der Waals surface area (Å²) < 4.78 is 5.47. The van der Waals surface area contributed by atoms with Crippen LogP contribution in [0, 0.1) is 5.92 Å². The molecular weight excluding hydrogens is 441 g/mol. The largest absolute Gasteiger partial charge is 0.379 e. The van der Waals surface area contributed by atoms with Crippen molar-refractivity contribution in [2.24, 2.45) is 10.9 Å². The number of morpholine rings is 1. The molecule has 2 heterocycles. The lowest BCUT2D eigenvalue weighted by Gasteiger charge is -2.41. The maximum absolute atomic E-state index is 5.47. The molecule has 0 aromatic rings. The summed E-state index contributed by atoms with van der Waals surface area (Å²) in [5.41, 5.74) is 0.104. The van der Waals surface area contributed by atoms with E-state index in [1.54, 1.807) is 0 Å². The zero-order valence-corrected chi connectivity index (χ0v) is 19.6. The number of likely N-dealkylation sites (tertiary alicyclic amines) is 1. The molecular formula is C19H40IN5O. The van der Waals surface area contributed by atoms with E-state index in [0.717, 1.165) is 51.3 Å². The predicted molar refractivity (Wildman–Crippen MR) is 121 cm³/mol. The van der Waals surface area contributed by atoms with Crippen LogP contribution in [0.3, 0.4) is 0 Å². The van der Waals surface area contributed by atoms with Gasteiger partial charge in [0.1, 0.15) is 0 Å². The first kappa shape index (κ1) is 23.9. The van der Waals surface area contributed by atoms with E-state index < -0.39 is 0 Å². The molecule has 0 aromatic carbocycles. The third-order valence-electron chi connectivity index (χ3n) is 5.58. The Morgan fingerprint density at radius 3 is 2.35 bits per heavy atom. The molecule has 2 aliphatic rings. The third kappa shape index (κ3) is 7.86. The van der Waals surface area contributed by atoms with Gasteiger partial charge in [-0.2, -0.15) is 0 Å². The number of rotatable bonds is 7. The second kappa shape index (κ2) is 12.4. The van der Waals surface area contributed by atoms with Crippen LogP contribution in [0.2, 0.25) is 0 Å². The number of halogens is 1. The molecule has 6 nitrogen and oxygen atoms in total. The normalized spacial score (nSPS) is 21.3. The van der Waals surface area contributed by atoms with Gasteiger partial charge in [-0.25, -0.2) is 0 Å². The molecule has 2 N–H and O–H groups in total. The smallest absolute Gasteiger partial charge is 0.191 e. The van der Waals surface area contributed by atoms with Gasteiger partial charge in [0.25, 0.3) is 0 Å². The van der Waals surface area contributed by atoms with Gasteiger partial charge in [-0.1, -0.05) is 6.92 Å². The Hall–Kier alpha value is -0.120. The minimum Gasteiger partial charge on any atom is -0.379 e. The van der Waals surface area contributed by atoms with Crippen LogP contribution < -0.4 is 10.6 Å². The first-order valence-corrected chi connectivity index (χ1v) is 10.0. The summed E-state index contributed by atoms with van der Waals surface area (Å²) in [6.45, 7) is 16.2. The number of hydrogen-bond acceptors (Lipinski definition) is 4. The van der Waals surface area contributed by atoms with Crippen LogP contribution >= 0.6 is 24.0 Å². The Kier molecular flexibility index (Phi) is 11.4. The van der Waals surface area contributed by atoms with E-state index in [2.05, 4.69) is 46.2 Å². The van der Waals surface area contributed by atoms with Crippen molar-refractivity contribution in [2.75, 3.05) is 66.1 Å². The second-order valence-corrected chi connectivity index (χ2v) is 8.00. The van der Waals surface area contributed by atoms with Gasteiger partial charge in [0.15, 0.2) is 5.96 Å². The molecule has 0 aromatic heterocycles. The Bertz CT molecular complexity index is 405. The van der Waals surface area contributed by atoms with E-state index >= 15 is 0 Å². The van der Waals surface area contributed by atoms with Crippen molar-refractivity contribution in [1.82, 2.24) is 20.4 Å². The van der Waals surface area contributed by atoms with Crippen molar-refractivity contribution in [1.29, 1.82) is 0 Å². The third-order valence-corrected chi connectivity index (χ3v) is 5.58. The van der Waals surface area contributed by atoms with Crippen molar-refractivity contribution < 1.29 is 4.74 Å². The quantitative estimate of drug-likeness (QED) is 0.331. The van der Waals surface area contributed by atoms with E-state index in [0.29, 0.717) is 0 Å². The average molecular weight is 481 g/mol. The lowest BCUT2D eigenvalue weighted by atomic mass is 9.97. The predicted octanol–water partition coefficient (Wildman–Crippen LogP) is 2.00. The topological polar surface area (TPSA) is 52.1 Å². The van der Waals surface area contributed by atoms with Crippen molar-refractivity contribution in [2.45, 2.75) is 45.6 Å². The average Bonchev–Trinajstić information content (AvgIpc) is 2.64. The SMILES string of the molecule is CCCN1CCC(CNC(=NC)NCC(C)(C)N2CCOCC2)CC1.I. The molecule has 0 radical (unpaired) electrons. The molecule has 0 unspecified atom stereocenters. The highest BCUT2D eigenvalue weighted by atomic mass is 127. The second-order valence-electron chi connectivity index (χ2n) is 8.00. The summed E-state index contributed by atoms with van der Waals surface area (Å²) in [6, 6.07) is 0. The lowest BCUT2D eigenvalue weighted by molar-refractivity contribution is -0.00834. The number of guanidine groups is 1. The first-order chi connectivity index (χ1) is 12.0. The molecule has 0 saturated carbocycles. The molecule has 2 aliphatic heterocycles. The fourth-order valence-corrected chi connectivity index (χ4v) is 3.77. The molecule has 2 fully saturated rings. The monoisotopic (exact) mass is 481 g/mol. The van der Waals surface area contributed by atoms with E-state index in [-0.39, 0.29) is 29.5 Å².